The SMILES string of the molecule is C/C=C/CCCCCCCCCCO[C@H]1CO[C@@H]([C@H](O)CO)[C@H]1O. The first-order valence-corrected chi connectivity index (χ1v) is 9.52. The van der Waals surface area contributed by atoms with Crippen molar-refractivity contribution in [3.63, 3.8) is 0 Å². The lowest BCUT2D eigenvalue weighted by molar-refractivity contribution is -0.0730. The van der Waals surface area contributed by atoms with E-state index in [0.29, 0.717) is 6.61 Å². The van der Waals surface area contributed by atoms with E-state index in [-0.39, 0.29) is 6.61 Å². The van der Waals surface area contributed by atoms with Gasteiger partial charge in [0.05, 0.1) is 13.2 Å². The molecule has 0 saturated carbocycles. The first-order valence-electron chi connectivity index (χ1n) is 9.52. The van der Waals surface area contributed by atoms with E-state index >= 15 is 0 Å². The molecular weight excluding hydrogens is 308 g/mol. The number of aliphatic hydroxyl groups excluding tert-OH is 3. The van der Waals surface area contributed by atoms with E-state index in [1.165, 1.54) is 44.9 Å². The Labute approximate surface area is 146 Å². The summed E-state index contributed by atoms with van der Waals surface area (Å²) in [5.41, 5.74) is 0. The topological polar surface area (TPSA) is 79.2 Å². The van der Waals surface area contributed by atoms with E-state index in [1.54, 1.807) is 0 Å². The van der Waals surface area contributed by atoms with Gasteiger partial charge in [-0.25, -0.2) is 0 Å². The summed E-state index contributed by atoms with van der Waals surface area (Å²) in [5, 5.41) is 28.4. The lowest BCUT2D eigenvalue weighted by Gasteiger charge is -2.20. The van der Waals surface area contributed by atoms with Crippen LogP contribution in [0.4, 0.5) is 0 Å². The maximum Gasteiger partial charge on any atom is 0.114 e. The molecule has 0 aliphatic carbocycles. The fourth-order valence-electron chi connectivity index (χ4n) is 3.03. The number of aliphatic hydroxyl groups is 3. The average molecular weight is 344 g/mol. The third-order valence-electron chi connectivity index (χ3n) is 4.57. The van der Waals surface area contributed by atoms with Crippen LogP contribution in [-0.4, -0.2) is 59.6 Å². The number of rotatable bonds is 14. The predicted octanol–water partition coefficient (Wildman–Crippen LogP) is 2.57. The summed E-state index contributed by atoms with van der Waals surface area (Å²) >= 11 is 0. The van der Waals surface area contributed by atoms with Gasteiger partial charge in [-0.2, -0.15) is 0 Å². The van der Waals surface area contributed by atoms with E-state index in [9.17, 15) is 10.2 Å². The van der Waals surface area contributed by atoms with Crippen molar-refractivity contribution >= 4 is 0 Å². The molecule has 0 aromatic heterocycles. The average Bonchev–Trinajstić information content (AvgIpc) is 2.96. The van der Waals surface area contributed by atoms with Crippen molar-refractivity contribution < 1.29 is 24.8 Å². The van der Waals surface area contributed by atoms with E-state index in [1.807, 2.05) is 0 Å². The normalized spacial score (nSPS) is 25.6. The molecule has 0 spiro atoms. The molecule has 1 heterocycles. The van der Waals surface area contributed by atoms with Gasteiger partial charge in [0.2, 0.25) is 0 Å². The number of hydrogen-bond donors (Lipinski definition) is 3. The molecule has 24 heavy (non-hydrogen) atoms. The minimum absolute atomic E-state index is 0.274. The van der Waals surface area contributed by atoms with Gasteiger partial charge in [-0.3, -0.25) is 0 Å². The van der Waals surface area contributed by atoms with Gasteiger partial charge >= 0.3 is 0 Å². The van der Waals surface area contributed by atoms with Crippen LogP contribution < -0.4 is 0 Å². The summed E-state index contributed by atoms with van der Waals surface area (Å²) in [6.45, 7) is 2.54. The van der Waals surface area contributed by atoms with Crippen LogP contribution in [0.2, 0.25) is 0 Å². The quantitative estimate of drug-likeness (QED) is 0.333. The molecule has 0 amide bonds. The van der Waals surface area contributed by atoms with Crippen LogP contribution in [0.1, 0.15) is 64.7 Å². The highest BCUT2D eigenvalue weighted by atomic mass is 16.6. The summed E-state index contributed by atoms with van der Waals surface area (Å²) in [5.74, 6) is 0. The highest BCUT2D eigenvalue weighted by Crippen LogP contribution is 2.20. The largest absolute Gasteiger partial charge is 0.394 e. The van der Waals surface area contributed by atoms with Crippen molar-refractivity contribution in [2.75, 3.05) is 19.8 Å². The van der Waals surface area contributed by atoms with Crippen molar-refractivity contribution in [2.45, 2.75) is 89.1 Å². The molecule has 0 aromatic carbocycles. The van der Waals surface area contributed by atoms with Crippen molar-refractivity contribution in [2.24, 2.45) is 0 Å². The van der Waals surface area contributed by atoms with Crippen LogP contribution >= 0.6 is 0 Å². The molecule has 0 aromatic rings. The molecule has 1 fully saturated rings. The zero-order valence-corrected chi connectivity index (χ0v) is 15.1. The molecule has 5 nitrogen and oxygen atoms in total. The Bertz CT molecular complexity index is 321. The predicted molar refractivity (Wildman–Crippen MR) is 94.9 cm³/mol. The number of unbranched alkanes of at least 4 members (excludes halogenated alkanes) is 8. The Morgan fingerprint density at radius 3 is 2.33 bits per heavy atom. The summed E-state index contributed by atoms with van der Waals surface area (Å²) < 4.78 is 10.9. The van der Waals surface area contributed by atoms with Gasteiger partial charge in [-0.15, -0.1) is 0 Å². The molecule has 0 bridgehead atoms. The number of ether oxygens (including phenoxy) is 2. The lowest BCUT2D eigenvalue weighted by Crippen LogP contribution is -2.41. The monoisotopic (exact) mass is 344 g/mol. The van der Waals surface area contributed by atoms with Crippen molar-refractivity contribution in [1.29, 1.82) is 0 Å². The Hall–Kier alpha value is -0.460. The number of hydrogen-bond acceptors (Lipinski definition) is 5. The maximum atomic E-state index is 10.0. The summed E-state index contributed by atoms with van der Waals surface area (Å²) in [4.78, 5) is 0. The Kier molecular flexibility index (Phi) is 12.4. The molecule has 1 saturated heterocycles. The second-order valence-electron chi connectivity index (χ2n) is 6.63. The van der Waals surface area contributed by atoms with Crippen LogP contribution in [0, 0.1) is 0 Å². The smallest absolute Gasteiger partial charge is 0.114 e. The fraction of sp³-hybridized carbons (Fsp3) is 0.895. The van der Waals surface area contributed by atoms with Crippen LogP contribution in [-0.2, 0) is 9.47 Å². The maximum absolute atomic E-state index is 10.0. The molecule has 1 aliphatic heterocycles. The zero-order chi connectivity index (χ0) is 17.6. The van der Waals surface area contributed by atoms with Gasteiger partial charge in [0.25, 0.3) is 0 Å². The molecule has 0 radical (unpaired) electrons. The highest BCUT2D eigenvalue weighted by molar-refractivity contribution is 4.88. The van der Waals surface area contributed by atoms with Crippen molar-refractivity contribution in [3.05, 3.63) is 12.2 Å². The van der Waals surface area contributed by atoms with Gasteiger partial charge in [0.15, 0.2) is 0 Å². The van der Waals surface area contributed by atoms with Crippen LogP contribution in [0.25, 0.3) is 0 Å². The van der Waals surface area contributed by atoms with Crippen molar-refractivity contribution in [3.8, 4) is 0 Å². The molecule has 1 aliphatic rings. The summed E-state index contributed by atoms with van der Waals surface area (Å²) in [6.07, 6.45) is 12.4. The molecule has 5 heteroatoms. The molecule has 4 atom stereocenters. The zero-order valence-electron chi connectivity index (χ0n) is 15.1. The second kappa shape index (κ2) is 13.8. The minimum atomic E-state index is -1.05. The third-order valence-corrected chi connectivity index (χ3v) is 4.57. The van der Waals surface area contributed by atoms with Crippen molar-refractivity contribution in [1.82, 2.24) is 0 Å². The lowest BCUT2D eigenvalue weighted by atomic mass is 10.1. The van der Waals surface area contributed by atoms with Gasteiger partial charge in [0, 0.05) is 6.61 Å². The van der Waals surface area contributed by atoms with E-state index in [4.69, 9.17) is 14.6 Å². The molecule has 3 N–H and O–H groups in total. The molecule has 1 rings (SSSR count). The number of allylic oxidation sites excluding steroid dienone is 2. The van der Waals surface area contributed by atoms with E-state index in [2.05, 4.69) is 19.1 Å². The Morgan fingerprint density at radius 1 is 1.08 bits per heavy atom. The van der Waals surface area contributed by atoms with Crippen LogP contribution in [0.15, 0.2) is 12.2 Å². The van der Waals surface area contributed by atoms with Gasteiger partial charge in [-0.05, 0) is 26.2 Å². The molecular formula is C19H36O5. The Morgan fingerprint density at radius 2 is 1.71 bits per heavy atom. The first-order chi connectivity index (χ1) is 11.7. The van der Waals surface area contributed by atoms with Gasteiger partial charge in [0.1, 0.15) is 24.4 Å². The second-order valence-corrected chi connectivity index (χ2v) is 6.63. The van der Waals surface area contributed by atoms with E-state index in [0.717, 1.165) is 12.8 Å². The fourth-order valence-corrected chi connectivity index (χ4v) is 3.03. The first kappa shape index (κ1) is 21.6. The minimum Gasteiger partial charge on any atom is -0.394 e. The summed E-state index contributed by atoms with van der Waals surface area (Å²) in [6, 6.07) is 0. The Balaban J connectivity index is 1.90. The summed E-state index contributed by atoms with van der Waals surface area (Å²) in [7, 11) is 0. The van der Waals surface area contributed by atoms with Crippen LogP contribution in [0.5, 0.6) is 0 Å². The third kappa shape index (κ3) is 8.58. The molecule has 0 unspecified atom stereocenters. The van der Waals surface area contributed by atoms with Crippen LogP contribution in [0.3, 0.4) is 0 Å². The van der Waals surface area contributed by atoms with Gasteiger partial charge < -0.3 is 24.8 Å². The molecule has 142 valence electrons. The van der Waals surface area contributed by atoms with Gasteiger partial charge in [-0.1, -0.05) is 50.7 Å². The van der Waals surface area contributed by atoms with E-state index < -0.39 is 31.0 Å². The highest BCUT2D eigenvalue weighted by Gasteiger charge is 2.40. The standard InChI is InChI=1S/C19H36O5/c1-2-3-4-5-6-7-8-9-10-11-12-13-23-17-15-24-19(18(17)22)16(21)14-20/h2-3,16-22H,4-15H2,1H3/b3-2+/t16-,17+,18+,19+/m1/s1.